The molecule has 0 bridgehead atoms. The average molecular weight is 641 g/mol. The van der Waals surface area contributed by atoms with Gasteiger partial charge in [0.1, 0.15) is 25.6 Å². The fourth-order valence-corrected chi connectivity index (χ4v) is 4.37. The molecule has 12 nitrogen and oxygen atoms in total. The van der Waals surface area contributed by atoms with Crippen molar-refractivity contribution in [3.63, 3.8) is 0 Å². The summed E-state index contributed by atoms with van der Waals surface area (Å²) in [5.74, 6) is -2.26. The number of anilines is 4. The standard InChI is InChI=1S/C35H36N4O8/c1-2-35(20-45-32(41)25-12-6-8-14-28(25)36,21-46-33(42)26-13-7-9-15-29(26)37)22-47-34(43)27-17-16-24(18-30(27)38)44-19-31(40)39-23-10-4-3-5-11-23/h3-18H,2,19-22,36-38H2,1H3,(H,39,40). The maximum absolute atomic E-state index is 13.2. The van der Waals surface area contributed by atoms with Gasteiger partial charge in [-0.15, -0.1) is 0 Å². The lowest BCUT2D eigenvalue weighted by Gasteiger charge is -2.31. The number of ether oxygens (including phenoxy) is 4. The highest BCUT2D eigenvalue weighted by Gasteiger charge is 2.35. The second-order valence-corrected chi connectivity index (χ2v) is 10.7. The number of amides is 1. The molecule has 0 heterocycles. The first-order valence-corrected chi connectivity index (χ1v) is 14.7. The zero-order valence-electron chi connectivity index (χ0n) is 25.8. The van der Waals surface area contributed by atoms with E-state index in [1.807, 2.05) is 6.07 Å². The van der Waals surface area contributed by atoms with E-state index >= 15 is 0 Å². The van der Waals surface area contributed by atoms with Gasteiger partial charge in [0.2, 0.25) is 0 Å². The Labute approximate surface area is 271 Å². The Kier molecular flexibility index (Phi) is 11.4. The fourth-order valence-electron chi connectivity index (χ4n) is 4.37. The van der Waals surface area contributed by atoms with Crippen LogP contribution < -0.4 is 27.3 Å². The third kappa shape index (κ3) is 9.24. The van der Waals surface area contributed by atoms with Crippen LogP contribution in [0.2, 0.25) is 0 Å². The molecule has 0 radical (unpaired) electrons. The highest BCUT2D eigenvalue weighted by Crippen LogP contribution is 2.28. The maximum Gasteiger partial charge on any atom is 0.340 e. The van der Waals surface area contributed by atoms with Crippen LogP contribution in [0.4, 0.5) is 22.7 Å². The van der Waals surface area contributed by atoms with Crippen molar-refractivity contribution < 1.29 is 38.1 Å². The topological polar surface area (TPSA) is 195 Å². The Bertz CT molecular complexity index is 1670. The molecular formula is C35H36N4O8. The minimum absolute atomic E-state index is 0.0409. The summed E-state index contributed by atoms with van der Waals surface area (Å²) in [7, 11) is 0. The van der Waals surface area contributed by atoms with Crippen molar-refractivity contribution in [2.75, 3.05) is 48.9 Å². The molecule has 0 aliphatic heterocycles. The molecule has 0 fully saturated rings. The smallest absolute Gasteiger partial charge is 0.340 e. The molecule has 0 aliphatic carbocycles. The molecule has 47 heavy (non-hydrogen) atoms. The molecule has 0 aliphatic rings. The normalized spacial score (nSPS) is 10.8. The first kappa shape index (κ1) is 33.8. The van der Waals surface area contributed by atoms with E-state index in [1.54, 1.807) is 67.6 Å². The monoisotopic (exact) mass is 640 g/mol. The molecule has 4 aromatic rings. The Morgan fingerprint density at radius 1 is 0.617 bits per heavy atom. The molecule has 1 amide bonds. The fraction of sp³-hybridized carbons (Fsp3) is 0.200. The molecule has 12 heteroatoms. The van der Waals surface area contributed by atoms with E-state index in [0.717, 1.165) is 0 Å². The molecule has 0 saturated heterocycles. The van der Waals surface area contributed by atoms with Gasteiger partial charge in [-0.25, -0.2) is 14.4 Å². The van der Waals surface area contributed by atoms with Crippen molar-refractivity contribution in [2.45, 2.75) is 13.3 Å². The van der Waals surface area contributed by atoms with Crippen molar-refractivity contribution in [1.82, 2.24) is 0 Å². The summed E-state index contributed by atoms with van der Waals surface area (Å²) >= 11 is 0. The van der Waals surface area contributed by atoms with Gasteiger partial charge in [-0.2, -0.15) is 0 Å². The van der Waals surface area contributed by atoms with Crippen LogP contribution in [0.3, 0.4) is 0 Å². The van der Waals surface area contributed by atoms with Crippen molar-refractivity contribution in [1.29, 1.82) is 0 Å². The first-order valence-electron chi connectivity index (χ1n) is 14.7. The molecule has 4 rings (SSSR count). The van der Waals surface area contributed by atoms with Gasteiger partial charge in [-0.1, -0.05) is 49.4 Å². The highest BCUT2D eigenvalue weighted by atomic mass is 16.6. The summed E-state index contributed by atoms with van der Waals surface area (Å²) in [6.45, 7) is 0.661. The number of carbonyl (C=O) groups is 4. The lowest BCUT2D eigenvalue weighted by molar-refractivity contribution is -0.118. The predicted octanol–water partition coefficient (Wildman–Crippen LogP) is 4.72. The van der Waals surface area contributed by atoms with E-state index < -0.39 is 23.3 Å². The van der Waals surface area contributed by atoms with Crippen molar-refractivity contribution in [3.8, 4) is 5.75 Å². The highest BCUT2D eigenvalue weighted by molar-refractivity contribution is 5.96. The van der Waals surface area contributed by atoms with Crippen molar-refractivity contribution in [3.05, 3.63) is 114 Å². The molecular weight excluding hydrogens is 604 g/mol. The van der Waals surface area contributed by atoms with Crippen molar-refractivity contribution in [2.24, 2.45) is 5.41 Å². The van der Waals surface area contributed by atoms with Crippen molar-refractivity contribution >= 4 is 46.6 Å². The largest absolute Gasteiger partial charge is 0.484 e. The van der Waals surface area contributed by atoms with Gasteiger partial charge >= 0.3 is 17.9 Å². The molecule has 0 atom stereocenters. The van der Waals surface area contributed by atoms with Gasteiger partial charge in [0.25, 0.3) is 5.91 Å². The van der Waals surface area contributed by atoms with Crippen LogP contribution in [0, 0.1) is 5.41 Å². The number of esters is 3. The van der Waals surface area contributed by atoms with E-state index in [0.29, 0.717) is 5.69 Å². The van der Waals surface area contributed by atoms with Gasteiger partial charge in [-0.3, -0.25) is 4.79 Å². The minimum atomic E-state index is -1.14. The van der Waals surface area contributed by atoms with E-state index in [1.165, 1.54) is 30.3 Å². The van der Waals surface area contributed by atoms with Gasteiger partial charge < -0.3 is 41.5 Å². The summed E-state index contributed by atoms with van der Waals surface area (Å²) in [4.78, 5) is 51.1. The van der Waals surface area contributed by atoms with Crippen LogP contribution >= 0.6 is 0 Å². The average Bonchev–Trinajstić information content (AvgIpc) is 3.07. The van der Waals surface area contributed by atoms with E-state index in [4.69, 9.17) is 36.1 Å². The van der Waals surface area contributed by atoms with Crippen LogP contribution in [-0.2, 0) is 19.0 Å². The van der Waals surface area contributed by atoms with Crippen LogP contribution in [0.5, 0.6) is 5.75 Å². The molecule has 7 N–H and O–H groups in total. The number of nitrogens with one attached hydrogen (secondary N) is 1. The summed E-state index contributed by atoms with van der Waals surface area (Å²) < 4.78 is 22.3. The third-order valence-corrected chi connectivity index (χ3v) is 7.31. The number of benzene rings is 4. The van der Waals surface area contributed by atoms with Crippen LogP contribution in [0.1, 0.15) is 44.4 Å². The number of hydrogen-bond donors (Lipinski definition) is 4. The third-order valence-electron chi connectivity index (χ3n) is 7.31. The van der Waals surface area contributed by atoms with Crippen LogP contribution in [-0.4, -0.2) is 50.2 Å². The Morgan fingerprint density at radius 3 is 1.55 bits per heavy atom. The van der Waals surface area contributed by atoms with Crippen LogP contribution in [0.25, 0.3) is 0 Å². The van der Waals surface area contributed by atoms with E-state index in [9.17, 15) is 19.2 Å². The second-order valence-electron chi connectivity index (χ2n) is 10.7. The number of nitrogen functional groups attached to an aromatic ring is 3. The number of carbonyl (C=O) groups excluding carboxylic acids is 4. The summed E-state index contributed by atoms with van der Waals surface area (Å²) in [6, 6.07) is 26.0. The van der Waals surface area contributed by atoms with Gasteiger partial charge in [-0.05, 0) is 55.0 Å². The SMILES string of the molecule is CCC(COC(=O)c1ccccc1N)(COC(=O)c1ccccc1N)COC(=O)c1ccc(OCC(=O)Nc2ccccc2)cc1N. The molecule has 0 aromatic heterocycles. The molecule has 244 valence electrons. The maximum atomic E-state index is 13.2. The van der Waals surface area contributed by atoms with Crippen LogP contribution in [0.15, 0.2) is 97.1 Å². The van der Waals surface area contributed by atoms with Gasteiger partial charge in [0, 0.05) is 28.8 Å². The zero-order chi connectivity index (χ0) is 33.8. The quantitative estimate of drug-likeness (QED) is 0.0846. The number of nitrogens with two attached hydrogens (primary N) is 3. The van der Waals surface area contributed by atoms with E-state index in [2.05, 4.69) is 5.32 Å². The summed E-state index contributed by atoms with van der Waals surface area (Å²) in [5, 5.41) is 2.71. The lowest BCUT2D eigenvalue weighted by Crippen LogP contribution is -2.39. The Morgan fingerprint density at radius 2 is 1.09 bits per heavy atom. The second kappa shape index (κ2) is 15.8. The first-order chi connectivity index (χ1) is 22.6. The molecule has 0 saturated carbocycles. The molecule has 4 aromatic carbocycles. The molecule has 0 unspecified atom stereocenters. The summed E-state index contributed by atoms with van der Waals surface area (Å²) in [6.07, 6.45) is 0.280. The predicted molar refractivity (Wildman–Crippen MR) is 177 cm³/mol. The Hall–Kier alpha value is -6.04. The summed E-state index contributed by atoms with van der Waals surface area (Å²) in [5.41, 5.74) is 18.4. The number of rotatable bonds is 14. The Balaban J connectivity index is 1.43. The van der Waals surface area contributed by atoms with Gasteiger partial charge in [0.15, 0.2) is 6.61 Å². The minimum Gasteiger partial charge on any atom is -0.484 e. The lowest BCUT2D eigenvalue weighted by atomic mass is 9.88. The number of hydrogen-bond acceptors (Lipinski definition) is 11. The number of para-hydroxylation sites is 3. The zero-order valence-corrected chi connectivity index (χ0v) is 25.8. The van der Waals surface area contributed by atoms with E-state index in [-0.39, 0.29) is 78.3 Å². The molecule has 0 spiro atoms. The van der Waals surface area contributed by atoms with Gasteiger partial charge in [0.05, 0.1) is 22.1 Å².